The summed E-state index contributed by atoms with van der Waals surface area (Å²) in [6, 6.07) is 6.03. The van der Waals surface area contributed by atoms with Crippen LogP contribution in [0, 0.1) is 0 Å². The summed E-state index contributed by atoms with van der Waals surface area (Å²) in [5, 5.41) is 0. The standard InChI is InChI=1S/C16H21ClN2O2/c1-20-12-5-6-15-14(10-12)18-16(7-8-17)19(15)11-13-4-2-3-9-21-13/h5-6,10,13H,2-4,7-9,11H2,1H3. The summed E-state index contributed by atoms with van der Waals surface area (Å²) >= 11 is 5.93. The lowest BCUT2D eigenvalue weighted by molar-refractivity contribution is 0.00621. The summed E-state index contributed by atoms with van der Waals surface area (Å²) in [6.45, 7) is 1.73. The van der Waals surface area contributed by atoms with Gasteiger partial charge in [-0.2, -0.15) is 0 Å². The third-order valence-corrected chi connectivity index (χ3v) is 4.20. The quantitative estimate of drug-likeness (QED) is 0.794. The molecule has 1 aromatic carbocycles. The Morgan fingerprint density at radius 3 is 3.05 bits per heavy atom. The molecular weight excluding hydrogens is 288 g/mol. The van der Waals surface area contributed by atoms with Gasteiger partial charge in [0.2, 0.25) is 0 Å². The first-order valence-corrected chi connectivity index (χ1v) is 8.06. The fraction of sp³-hybridized carbons (Fsp3) is 0.562. The van der Waals surface area contributed by atoms with E-state index >= 15 is 0 Å². The average Bonchev–Trinajstić information content (AvgIpc) is 2.85. The Bertz CT molecular complexity index is 606. The monoisotopic (exact) mass is 308 g/mol. The van der Waals surface area contributed by atoms with Gasteiger partial charge in [0.25, 0.3) is 0 Å². The van der Waals surface area contributed by atoms with Crippen LogP contribution in [0.4, 0.5) is 0 Å². The van der Waals surface area contributed by atoms with Gasteiger partial charge >= 0.3 is 0 Å². The van der Waals surface area contributed by atoms with Crippen molar-refractivity contribution in [3.63, 3.8) is 0 Å². The maximum absolute atomic E-state index is 5.93. The SMILES string of the molecule is COc1ccc2c(c1)nc(CCCl)n2CC1CCCCO1. The van der Waals surface area contributed by atoms with Crippen LogP contribution >= 0.6 is 11.6 Å². The Kier molecular flexibility index (Phi) is 4.66. The highest BCUT2D eigenvalue weighted by Gasteiger charge is 2.18. The zero-order chi connectivity index (χ0) is 14.7. The molecule has 114 valence electrons. The van der Waals surface area contributed by atoms with Crippen LogP contribution in [0.15, 0.2) is 18.2 Å². The maximum Gasteiger partial charge on any atom is 0.121 e. The molecule has 1 aliphatic heterocycles. The summed E-state index contributed by atoms with van der Waals surface area (Å²) in [5.41, 5.74) is 2.09. The first kappa shape index (κ1) is 14.7. The number of halogens is 1. The van der Waals surface area contributed by atoms with E-state index in [0.29, 0.717) is 5.88 Å². The molecule has 1 aromatic heterocycles. The van der Waals surface area contributed by atoms with Crippen molar-refractivity contribution in [2.45, 2.75) is 38.3 Å². The number of benzene rings is 1. The molecule has 0 radical (unpaired) electrons. The number of fused-ring (bicyclic) bond motifs is 1. The molecule has 5 heteroatoms. The molecule has 4 nitrogen and oxygen atoms in total. The number of rotatable bonds is 5. The topological polar surface area (TPSA) is 36.3 Å². The van der Waals surface area contributed by atoms with E-state index in [2.05, 4.69) is 10.6 Å². The molecule has 2 heterocycles. The number of aromatic nitrogens is 2. The largest absolute Gasteiger partial charge is 0.497 e. The maximum atomic E-state index is 5.93. The van der Waals surface area contributed by atoms with Crippen molar-refractivity contribution in [3.05, 3.63) is 24.0 Å². The lowest BCUT2D eigenvalue weighted by Gasteiger charge is -2.24. The molecule has 0 aliphatic carbocycles. The second-order valence-corrected chi connectivity index (χ2v) is 5.80. The van der Waals surface area contributed by atoms with Crippen molar-refractivity contribution in [1.29, 1.82) is 0 Å². The molecule has 0 saturated carbocycles. The molecule has 0 N–H and O–H groups in total. The van der Waals surface area contributed by atoms with Crippen LogP contribution in [0.3, 0.4) is 0 Å². The van der Waals surface area contributed by atoms with Crippen molar-refractivity contribution < 1.29 is 9.47 Å². The summed E-state index contributed by atoms with van der Waals surface area (Å²) in [6.07, 6.45) is 4.59. The number of hydrogen-bond acceptors (Lipinski definition) is 3. The number of nitrogens with zero attached hydrogens (tertiary/aromatic N) is 2. The van der Waals surface area contributed by atoms with Gasteiger partial charge < -0.3 is 14.0 Å². The second-order valence-electron chi connectivity index (χ2n) is 5.42. The van der Waals surface area contributed by atoms with Crippen molar-refractivity contribution in [2.24, 2.45) is 0 Å². The van der Waals surface area contributed by atoms with E-state index in [1.165, 1.54) is 12.8 Å². The second kappa shape index (κ2) is 6.67. The van der Waals surface area contributed by atoms with Crippen LogP contribution in [0.2, 0.25) is 0 Å². The third-order valence-electron chi connectivity index (χ3n) is 4.01. The number of alkyl halides is 1. The van der Waals surface area contributed by atoms with Crippen molar-refractivity contribution in [2.75, 3.05) is 19.6 Å². The van der Waals surface area contributed by atoms with Crippen LogP contribution in [-0.2, 0) is 17.7 Å². The Morgan fingerprint density at radius 2 is 2.33 bits per heavy atom. The van der Waals surface area contributed by atoms with Crippen LogP contribution in [0.1, 0.15) is 25.1 Å². The molecule has 0 amide bonds. The van der Waals surface area contributed by atoms with Gasteiger partial charge in [-0.15, -0.1) is 11.6 Å². The molecule has 1 fully saturated rings. The van der Waals surface area contributed by atoms with E-state index in [-0.39, 0.29) is 6.10 Å². The van der Waals surface area contributed by atoms with Crippen LogP contribution in [0.5, 0.6) is 5.75 Å². The van der Waals surface area contributed by atoms with Crippen molar-refractivity contribution in [3.8, 4) is 5.75 Å². The molecule has 2 aromatic rings. The van der Waals surface area contributed by atoms with Crippen LogP contribution in [-0.4, -0.2) is 35.3 Å². The Hall–Kier alpha value is -1.26. The normalized spacial score (nSPS) is 19.0. The molecule has 1 aliphatic rings. The Balaban J connectivity index is 1.94. The van der Waals surface area contributed by atoms with Gasteiger partial charge in [-0.1, -0.05) is 0 Å². The first-order chi connectivity index (χ1) is 10.3. The molecule has 21 heavy (non-hydrogen) atoms. The predicted octanol–water partition coefficient (Wildman–Crippen LogP) is 3.40. The van der Waals surface area contributed by atoms with E-state index in [1.54, 1.807) is 7.11 Å². The third kappa shape index (κ3) is 3.16. The molecule has 1 unspecified atom stereocenters. The van der Waals surface area contributed by atoms with Gasteiger partial charge in [0.05, 0.1) is 30.8 Å². The first-order valence-electron chi connectivity index (χ1n) is 7.52. The Labute approximate surface area is 130 Å². The molecule has 1 saturated heterocycles. The smallest absolute Gasteiger partial charge is 0.121 e. The van der Waals surface area contributed by atoms with Crippen molar-refractivity contribution in [1.82, 2.24) is 9.55 Å². The summed E-state index contributed by atoms with van der Waals surface area (Å²) in [5.74, 6) is 2.44. The molecule has 1 atom stereocenters. The van der Waals surface area contributed by atoms with Crippen LogP contribution in [0.25, 0.3) is 11.0 Å². The highest BCUT2D eigenvalue weighted by atomic mass is 35.5. The molecule has 3 rings (SSSR count). The van der Waals surface area contributed by atoms with Gasteiger partial charge in [-0.25, -0.2) is 4.98 Å². The minimum Gasteiger partial charge on any atom is -0.497 e. The van der Waals surface area contributed by atoms with Gasteiger partial charge in [-0.3, -0.25) is 0 Å². The van der Waals surface area contributed by atoms with E-state index in [9.17, 15) is 0 Å². The minimum atomic E-state index is 0.285. The highest BCUT2D eigenvalue weighted by molar-refractivity contribution is 6.17. The van der Waals surface area contributed by atoms with Crippen molar-refractivity contribution >= 4 is 22.6 Å². The number of aryl methyl sites for hydroxylation is 1. The highest BCUT2D eigenvalue weighted by Crippen LogP contribution is 2.24. The molecule has 0 spiro atoms. The molecule has 0 bridgehead atoms. The number of ether oxygens (including phenoxy) is 2. The fourth-order valence-corrected chi connectivity index (χ4v) is 3.09. The zero-order valence-corrected chi connectivity index (χ0v) is 13.1. The number of imidazole rings is 1. The van der Waals surface area contributed by atoms with Gasteiger partial charge in [0.15, 0.2) is 0 Å². The van der Waals surface area contributed by atoms with Gasteiger partial charge in [0, 0.05) is 25.0 Å². The minimum absolute atomic E-state index is 0.285. The summed E-state index contributed by atoms with van der Waals surface area (Å²) in [7, 11) is 1.67. The van der Waals surface area contributed by atoms with E-state index < -0.39 is 0 Å². The lowest BCUT2D eigenvalue weighted by atomic mass is 10.1. The van der Waals surface area contributed by atoms with Crippen LogP contribution < -0.4 is 4.74 Å². The number of methoxy groups -OCH3 is 1. The predicted molar refractivity (Wildman–Crippen MR) is 84.3 cm³/mol. The molecular formula is C16H21ClN2O2. The Morgan fingerprint density at radius 1 is 1.43 bits per heavy atom. The average molecular weight is 309 g/mol. The lowest BCUT2D eigenvalue weighted by Crippen LogP contribution is -2.25. The van der Waals surface area contributed by atoms with Gasteiger partial charge in [-0.05, 0) is 31.4 Å². The fourth-order valence-electron chi connectivity index (χ4n) is 2.92. The van der Waals surface area contributed by atoms with E-state index in [0.717, 1.165) is 48.6 Å². The van der Waals surface area contributed by atoms with Gasteiger partial charge in [0.1, 0.15) is 11.6 Å². The van der Waals surface area contributed by atoms with E-state index in [1.807, 2.05) is 12.1 Å². The van der Waals surface area contributed by atoms with E-state index in [4.69, 9.17) is 26.1 Å². The zero-order valence-electron chi connectivity index (χ0n) is 12.3. The summed E-state index contributed by atoms with van der Waals surface area (Å²) in [4.78, 5) is 4.72. The summed E-state index contributed by atoms with van der Waals surface area (Å²) < 4.78 is 13.4. The number of hydrogen-bond donors (Lipinski definition) is 0.